The van der Waals surface area contributed by atoms with E-state index < -0.39 is 5.60 Å². The molecule has 0 aromatic heterocycles. The highest BCUT2D eigenvalue weighted by Gasteiger charge is 2.45. The fourth-order valence-corrected chi connectivity index (χ4v) is 2.64. The molecule has 0 unspecified atom stereocenters. The van der Waals surface area contributed by atoms with Crippen molar-refractivity contribution in [1.82, 2.24) is 5.32 Å². The fraction of sp³-hybridized carbons (Fsp3) is 1.00. The highest BCUT2D eigenvalue weighted by Crippen LogP contribution is 2.39. The molecule has 64 valence electrons. The summed E-state index contributed by atoms with van der Waals surface area (Å²) in [7, 11) is 0. The van der Waals surface area contributed by atoms with Crippen LogP contribution in [0.15, 0.2) is 0 Å². The summed E-state index contributed by atoms with van der Waals surface area (Å²) in [6.07, 6.45) is 3.91. The van der Waals surface area contributed by atoms with Gasteiger partial charge in [0, 0.05) is 12.1 Å². The summed E-state index contributed by atoms with van der Waals surface area (Å²) in [5.41, 5.74) is -0.528. The Balaban J connectivity index is 2.08. The third-order valence-electron chi connectivity index (χ3n) is 3.12. The summed E-state index contributed by atoms with van der Waals surface area (Å²) in [5.74, 6) is 0.736. The van der Waals surface area contributed by atoms with E-state index in [-0.39, 0.29) is 0 Å². The average Bonchev–Trinajstić information content (AvgIpc) is 2.42. The zero-order chi connectivity index (χ0) is 8.06. The van der Waals surface area contributed by atoms with Gasteiger partial charge in [0.2, 0.25) is 0 Å². The van der Waals surface area contributed by atoms with E-state index >= 15 is 0 Å². The van der Waals surface area contributed by atoms with Gasteiger partial charge in [-0.15, -0.1) is 0 Å². The lowest BCUT2D eigenvalue weighted by atomic mass is 9.87. The van der Waals surface area contributed by atoms with Gasteiger partial charge in [0.1, 0.15) is 0 Å². The molecule has 2 fully saturated rings. The molecule has 0 aromatic rings. The van der Waals surface area contributed by atoms with Gasteiger partial charge < -0.3 is 10.4 Å². The first-order chi connectivity index (χ1) is 5.07. The first kappa shape index (κ1) is 7.56. The van der Waals surface area contributed by atoms with Gasteiger partial charge in [-0.3, -0.25) is 0 Å². The maximum absolute atomic E-state index is 9.78. The Labute approximate surface area is 68.0 Å². The minimum atomic E-state index is -0.528. The first-order valence-electron chi connectivity index (χ1n) is 4.56. The predicted octanol–water partition coefficient (Wildman–Crippen LogP) is 0.898. The molecule has 2 nitrogen and oxygen atoms in total. The van der Waals surface area contributed by atoms with Crippen LogP contribution in [0.1, 0.15) is 33.1 Å². The van der Waals surface area contributed by atoms with Crippen molar-refractivity contribution in [2.24, 2.45) is 5.92 Å². The molecule has 2 aliphatic rings. The van der Waals surface area contributed by atoms with Gasteiger partial charge in [0.05, 0.1) is 5.60 Å². The molecule has 1 saturated carbocycles. The molecule has 2 rings (SSSR count). The number of piperidine rings is 1. The van der Waals surface area contributed by atoms with Crippen molar-refractivity contribution >= 4 is 0 Å². The Morgan fingerprint density at radius 1 is 1.36 bits per heavy atom. The van der Waals surface area contributed by atoms with Crippen LogP contribution < -0.4 is 5.32 Å². The van der Waals surface area contributed by atoms with E-state index in [4.69, 9.17) is 0 Å². The molecule has 11 heavy (non-hydrogen) atoms. The normalized spacial score (nSPS) is 43.4. The second kappa shape index (κ2) is 2.20. The van der Waals surface area contributed by atoms with Gasteiger partial charge >= 0.3 is 0 Å². The molecular formula is C9H17NO. The minimum Gasteiger partial charge on any atom is -0.389 e. The van der Waals surface area contributed by atoms with E-state index in [1.807, 2.05) is 13.8 Å². The third kappa shape index (κ3) is 1.18. The van der Waals surface area contributed by atoms with Crippen LogP contribution >= 0.6 is 0 Å². The molecule has 2 heteroatoms. The Hall–Kier alpha value is -0.0800. The second-order valence-electron chi connectivity index (χ2n) is 4.57. The van der Waals surface area contributed by atoms with E-state index in [9.17, 15) is 5.11 Å². The lowest BCUT2D eigenvalue weighted by Gasteiger charge is -2.33. The molecule has 0 amide bonds. The quantitative estimate of drug-likeness (QED) is 0.589. The molecule has 2 bridgehead atoms. The summed E-state index contributed by atoms with van der Waals surface area (Å²) in [6.45, 7) is 3.82. The van der Waals surface area contributed by atoms with Crippen LogP contribution in [0, 0.1) is 5.92 Å². The molecule has 1 aliphatic heterocycles. The molecule has 0 spiro atoms. The second-order valence-corrected chi connectivity index (χ2v) is 4.57. The average molecular weight is 155 g/mol. The number of aliphatic hydroxyl groups is 1. The maximum atomic E-state index is 9.78. The van der Waals surface area contributed by atoms with Crippen molar-refractivity contribution in [1.29, 1.82) is 0 Å². The van der Waals surface area contributed by atoms with Crippen LogP contribution in [0.5, 0.6) is 0 Å². The first-order valence-corrected chi connectivity index (χ1v) is 4.56. The van der Waals surface area contributed by atoms with Crippen LogP contribution in [-0.2, 0) is 0 Å². The Morgan fingerprint density at radius 2 is 2.09 bits per heavy atom. The van der Waals surface area contributed by atoms with E-state index in [0.717, 1.165) is 5.92 Å². The van der Waals surface area contributed by atoms with Gasteiger partial charge in [-0.2, -0.15) is 0 Å². The molecule has 0 aromatic carbocycles. The fourth-order valence-electron chi connectivity index (χ4n) is 2.64. The summed E-state index contributed by atoms with van der Waals surface area (Å²) >= 11 is 0. The van der Waals surface area contributed by atoms with Crippen molar-refractivity contribution in [2.45, 2.75) is 50.8 Å². The highest BCUT2D eigenvalue weighted by molar-refractivity contribution is 5.02. The van der Waals surface area contributed by atoms with Crippen molar-refractivity contribution in [3.05, 3.63) is 0 Å². The Bertz CT molecular complexity index is 161. The van der Waals surface area contributed by atoms with E-state index in [2.05, 4.69) is 5.32 Å². The zero-order valence-corrected chi connectivity index (χ0v) is 7.30. The SMILES string of the molecule is CC(C)(O)[C@@H]1N[C@H]2CC[C@@H]1C2. The zero-order valence-electron chi connectivity index (χ0n) is 7.30. The standard InChI is InChI=1S/C9H17NO/c1-9(2,11)8-6-3-4-7(5-6)10-8/h6-8,10-11H,3-5H2,1-2H3/t6-,7+,8-/m1/s1. The number of rotatable bonds is 1. The minimum absolute atomic E-state index is 0.348. The smallest absolute Gasteiger partial charge is 0.0746 e. The number of hydrogen-bond acceptors (Lipinski definition) is 2. The molecule has 3 atom stereocenters. The van der Waals surface area contributed by atoms with Gasteiger partial charge in [-0.25, -0.2) is 0 Å². The molecule has 1 saturated heterocycles. The van der Waals surface area contributed by atoms with E-state index in [0.29, 0.717) is 12.1 Å². The van der Waals surface area contributed by atoms with Crippen molar-refractivity contribution in [3.63, 3.8) is 0 Å². The summed E-state index contributed by atoms with van der Waals surface area (Å²) in [5, 5.41) is 13.3. The maximum Gasteiger partial charge on any atom is 0.0746 e. The van der Waals surface area contributed by atoms with Crippen LogP contribution in [0.2, 0.25) is 0 Å². The van der Waals surface area contributed by atoms with Crippen molar-refractivity contribution in [2.75, 3.05) is 0 Å². The lowest BCUT2D eigenvalue weighted by molar-refractivity contribution is 0.0213. The van der Waals surface area contributed by atoms with E-state index in [1.165, 1.54) is 19.3 Å². The van der Waals surface area contributed by atoms with E-state index in [1.54, 1.807) is 0 Å². The van der Waals surface area contributed by atoms with Crippen molar-refractivity contribution in [3.8, 4) is 0 Å². The summed E-state index contributed by atoms with van der Waals surface area (Å²) < 4.78 is 0. The van der Waals surface area contributed by atoms with Crippen LogP contribution in [0.25, 0.3) is 0 Å². The summed E-state index contributed by atoms with van der Waals surface area (Å²) in [6, 6.07) is 1.05. The number of hydrogen-bond donors (Lipinski definition) is 2. The third-order valence-corrected chi connectivity index (χ3v) is 3.12. The van der Waals surface area contributed by atoms with Gasteiger partial charge in [-0.05, 0) is 39.0 Å². The van der Waals surface area contributed by atoms with Crippen molar-refractivity contribution < 1.29 is 5.11 Å². The Kier molecular flexibility index (Phi) is 1.52. The monoisotopic (exact) mass is 155 g/mol. The predicted molar refractivity (Wildman–Crippen MR) is 44.4 cm³/mol. The summed E-state index contributed by atoms with van der Waals surface area (Å²) in [4.78, 5) is 0. The number of nitrogens with one attached hydrogen (secondary N) is 1. The van der Waals surface area contributed by atoms with Crippen LogP contribution in [-0.4, -0.2) is 22.8 Å². The largest absolute Gasteiger partial charge is 0.389 e. The van der Waals surface area contributed by atoms with Gasteiger partial charge in [0.25, 0.3) is 0 Å². The molecule has 1 aliphatic carbocycles. The molecular weight excluding hydrogens is 138 g/mol. The van der Waals surface area contributed by atoms with Gasteiger partial charge in [0.15, 0.2) is 0 Å². The molecule has 2 N–H and O–H groups in total. The Morgan fingerprint density at radius 3 is 2.36 bits per heavy atom. The molecule has 0 radical (unpaired) electrons. The topological polar surface area (TPSA) is 32.3 Å². The number of fused-ring (bicyclic) bond motifs is 2. The molecule has 1 heterocycles. The van der Waals surface area contributed by atoms with Gasteiger partial charge in [-0.1, -0.05) is 0 Å². The highest BCUT2D eigenvalue weighted by atomic mass is 16.3. The lowest BCUT2D eigenvalue weighted by Crippen LogP contribution is -2.50. The van der Waals surface area contributed by atoms with Crippen LogP contribution in [0.4, 0.5) is 0 Å². The van der Waals surface area contributed by atoms with Crippen LogP contribution in [0.3, 0.4) is 0 Å².